The van der Waals surface area contributed by atoms with E-state index >= 15 is 0 Å². The lowest BCUT2D eigenvalue weighted by molar-refractivity contribution is -0.432. The van der Waals surface area contributed by atoms with E-state index in [2.05, 4.69) is 13.8 Å². The van der Waals surface area contributed by atoms with Crippen molar-refractivity contribution in [3.05, 3.63) is 0 Å². The van der Waals surface area contributed by atoms with Crippen molar-refractivity contribution in [3.63, 3.8) is 0 Å². The first-order valence-corrected chi connectivity index (χ1v) is 19.2. The number of ether oxygens (including phenoxy) is 3. The van der Waals surface area contributed by atoms with E-state index in [4.69, 9.17) is 24.1 Å². The Kier molecular flexibility index (Phi) is 26.0. The molecule has 43 heavy (non-hydrogen) atoms. The summed E-state index contributed by atoms with van der Waals surface area (Å²) in [6, 6.07) is 0. The average molecular weight is 611 g/mol. The van der Waals surface area contributed by atoms with Crippen LogP contribution in [0.4, 0.5) is 0 Å². The molecule has 0 spiro atoms. The Morgan fingerprint density at radius 2 is 0.721 bits per heavy atom. The molecule has 2 unspecified atom stereocenters. The lowest BCUT2D eigenvalue weighted by atomic mass is 9.95. The van der Waals surface area contributed by atoms with Gasteiger partial charge in [-0.25, -0.2) is 0 Å². The van der Waals surface area contributed by atoms with Crippen molar-refractivity contribution in [1.29, 1.82) is 0 Å². The van der Waals surface area contributed by atoms with E-state index in [1.807, 2.05) is 0 Å². The van der Waals surface area contributed by atoms with Crippen LogP contribution >= 0.6 is 0 Å². The summed E-state index contributed by atoms with van der Waals surface area (Å²) in [5, 5.41) is 7.42. The first kappa shape index (κ1) is 40.4. The minimum Gasteiger partial charge on any atom is -0.481 e. The van der Waals surface area contributed by atoms with Gasteiger partial charge in [0, 0.05) is 32.6 Å². The van der Waals surface area contributed by atoms with E-state index in [1.54, 1.807) is 0 Å². The fraction of sp³-hybridized carbons (Fsp3) is 0.974. The largest absolute Gasteiger partial charge is 0.481 e. The molecule has 2 rings (SSSR count). The molecule has 1 N–H and O–H groups in total. The van der Waals surface area contributed by atoms with Crippen LogP contribution in [0.25, 0.3) is 0 Å². The zero-order valence-electron chi connectivity index (χ0n) is 29.2. The number of carbonyl (C=O) groups is 1. The fourth-order valence-corrected chi connectivity index (χ4v) is 6.48. The summed E-state index contributed by atoms with van der Waals surface area (Å²) in [4.78, 5) is 9.00. The maximum atomic E-state index is 9.00. The van der Waals surface area contributed by atoms with E-state index in [1.165, 1.54) is 167 Å². The van der Waals surface area contributed by atoms with Gasteiger partial charge in [-0.15, -0.1) is 0 Å². The van der Waals surface area contributed by atoms with E-state index < -0.39 is 5.97 Å². The maximum Gasteiger partial charge on any atom is 0.300 e. The van der Waals surface area contributed by atoms with Crippen LogP contribution in [-0.4, -0.2) is 35.9 Å². The van der Waals surface area contributed by atoms with Crippen molar-refractivity contribution < 1.29 is 24.1 Å². The highest BCUT2D eigenvalue weighted by Crippen LogP contribution is 2.44. The second-order valence-electron chi connectivity index (χ2n) is 13.6. The molecule has 2 atom stereocenters. The monoisotopic (exact) mass is 611 g/mol. The Balaban J connectivity index is 0.00000217. The van der Waals surface area contributed by atoms with Gasteiger partial charge in [0.05, 0.1) is 13.2 Å². The molecule has 2 heterocycles. The Morgan fingerprint density at radius 3 is 0.907 bits per heavy atom. The third kappa shape index (κ3) is 22.5. The summed E-state index contributed by atoms with van der Waals surface area (Å²) in [6.07, 6.45) is 40.6. The molecule has 0 saturated carbocycles. The number of rotatable bonds is 30. The average Bonchev–Trinajstić information content (AvgIpc) is 2.94. The van der Waals surface area contributed by atoms with Gasteiger partial charge in [0.1, 0.15) is 0 Å². The van der Waals surface area contributed by atoms with Gasteiger partial charge in [-0.05, 0) is 12.8 Å². The molecule has 0 aromatic heterocycles. The van der Waals surface area contributed by atoms with Crippen LogP contribution in [0, 0.1) is 0 Å². The molecule has 0 aromatic rings. The summed E-state index contributed by atoms with van der Waals surface area (Å²) in [7, 11) is 0. The number of unbranched alkanes of at least 4 members (excludes halogenated alkanes) is 24. The molecule has 0 aromatic carbocycles. The van der Waals surface area contributed by atoms with Crippen molar-refractivity contribution in [1.82, 2.24) is 0 Å². The molecule has 0 radical (unpaired) electrons. The highest BCUT2D eigenvalue weighted by atomic mass is 16.8. The van der Waals surface area contributed by atoms with Crippen molar-refractivity contribution >= 4 is 5.97 Å². The van der Waals surface area contributed by atoms with Crippen LogP contribution in [0.15, 0.2) is 0 Å². The zero-order chi connectivity index (χ0) is 31.3. The van der Waals surface area contributed by atoms with Gasteiger partial charge < -0.3 is 19.3 Å². The first-order chi connectivity index (χ1) is 21.0. The van der Waals surface area contributed by atoms with Gasteiger partial charge in [0.15, 0.2) is 11.6 Å². The Morgan fingerprint density at radius 1 is 0.512 bits per heavy atom. The topological polar surface area (TPSA) is 65.0 Å². The normalized spacial score (nSPS) is 21.1. The summed E-state index contributed by atoms with van der Waals surface area (Å²) in [5.41, 5.74) is 0. The highest BCUT2D eigenvalue weighted by molar-refractivity contribution is 5.62. The third-order valence-electron chi connectivity index (χ3n) is 9.39. The van der Waals surface area contributed by atoms with Gasteiger partial charge >= 0.3 is 0 Å². The lowest BCUT2D eigenvalue weighted by Gasteiger charge is -2.51. The van der Waals surface area contributed by atoms with Crippen LogP contribution in [0.1, 0.15) is 213 Å². The second-order valence-corrected chi connectivity index (χ2v) is 13.6. The summed E-state index contributed by atoms with van der Waals surface area (Å²) >= 11 is 0. The molecule has 0 aliphatic carbocycles. The smallest absolute Gasteiger partial charge is 0.300 e. The molecule has 0 amide bonds. The van der Waals surface area contributed by atoms with Gasteiger partial charge in [0.25, 0.3) is 5.97 Å². The number of hydrogen-bond acceptors (Lipinski definition) is 4. The molecule has 5 nitrogen and oxygen atoms in total. The standard InChI is InChI=1S/C36H70O3.C2H4O2/c1-3-5-7-9-11-13-15-17-19-21-23-25-27-29-35(31-33-37-35)39-36(32-34-38-36)30-28-26-24-22-20-18-16-14-12-10-8-6-4-2;1-2(3)4/h3-34H2,1-2H3;1H3,(H,3,4). The number of hydrogen-bond donors (Lipinski definition) is 1. The minimum atomic E-state index is -0.833. The summed E-state index contributed by atoms with van der Waals surface area (Å²) < 4.78 is 18.8. The Hall–Kier alpha value is -0.650. The van der Waals surface area contributed by atoms with E-state index in [0.717, 1.165) is 45.8 Å². The predicted octanol–water partition coefficient (Wildman–Crippen LogP) is 12.3. The number of carboxylic acids is 1. The zero-order valence-corrected chi connectivity index (χ0v) is 29.2. The molecule has 2 fully saturated rings. The van der Waals surface area contributed by atoms with E-state index in [0.29, 0.717) is 0 Å². The Labute approximate surface area is 268 Å². The second kappa shape index (κ2) is 27.6. The first-order valence-electron chi connectivity index (χ1n) is 19.2. The van der Waals surface area contributed by atoms with E-state index in [-0.39, 0.29) is 11.6 Å². The fourth-order valence-electron chi connectivity index (χ4n) is 6.48. The van der Waals surface area contributed by atoms with Crippen molar-refractivity contribution in [2.24, 2.45) is 0 Å². The van der Waals surface area contributed by atoms with Crippen LogP contribution < -0.4 is 0 Å². The molecular formula is C38H74O5. The van der Waals surface area contributed by atoms with Crippen LogP contribution in [0.2, 0.25) is 0 Å². The third-order valence-corrected chi connectivity index (χ3v) is 9.39. The Bertz CT molecular complexity index is 563. The molecule has 5 heteroatoms. The molecule has 2 aliphatic rings. The SMILES string of the molecule is CC(=O)O.CCCCCCCCCCCCCCCC1(OC2(CCCCCCCCCCCCCCC)CCO2)CCO1. The summed E-state index contributed by atoms with van der Waals surface area (Å²) in [6.45, 7) is 7.39. The molecular weight excluding hydrogens is 536 g/mol. The van der Waals surface area contributed by atoms with Crippen molar-refractivity contribution in [2.45, 2.75) is 225 Å². The summed E-state index contributed by atoms with van der Waals surface area (Å²) in [5.74, 6) is -1.51. The molecule has 256 valence electrons. The minimum absolute atomic E-state index is 0.339. The van der Waals surface area contributed by atoms with Crippen LogP contribution in [0.3, 0.4) is 0 Å². The highest BCUT2D eigenvalue weighted by Gasteiger charge is 2.50. The molecule has 2 saturated heterocycles. The predicted molar refractivity (Wildman–Crippen MR) is 182 cm³/mol. The van der Waals surface area contributed by atoms with E-state index in [9.17, 15) is 0 Å². The van der Waals surface area contributed by atoms with Crippen LogP contribution in [-0.2, 0) is 19.0 Å². The quantitative estimate of drug-likeness (QED) is 0.0819. The molecule has 0 bridgehead atoms. The van der Waals surface area contributed by atoms with Crippen LogP contribution in [0.5, 0.6) is 0 Å². The van der Waals surface area contributed by atoms with Gasteiger partial charge in [0.2, 0.25) is 0 Å². The lowest BCUT2D eigenvalue weighted by Crippen LogP contribution is -2.57. The van der Waals surface area contributed by atoms with Gasteiger partial charge in [-0.2, -0.15) is 0 Å². The number of carboxylic acid groups (broad SMARTS) is 1. The number of aliphatic carboxylic acids is 1. The maximum absolute atomic E-state index is 9.00. The van der Waals surface area contributed by atoms with Gasteiger partial charge in [-0.1, -0.05) is 168 Å². The van der Waals surface area contributed by atoms with Gasteiger partial charge in [-0.3, -0.25) is 4.79 Å². The van der Waals surface area contributed by atoms with Crippen molar-refractivity contribution in [3.8, 4) is 0 Å². The molecule has 2 aliphatic heterocycles. The van der Waals surface area contributed by atoms with Crippen molar-refractivity contribution in [2.75, 3.05) is 13.2 Å².